The van der Waals surface area contributed by atoms with Crippen LogP contribution in [0.5, 0.6) is 0 Å². The lowest BCUT2D eigenvalue weighted by molar-refractivity contribution is 0.778. The van der Waals surface area contributed by atoms with E-state index in [1.165, 1.54) is 0 Å². The van der Waals surface area contributed by atoms with E-state index in [1.54, 1.807) is 4.68 Å². The molecule has 1 aromatic carbocycles. The van der Waals surface area contributed by atoms with E-state index in [4.69, 9.17) is 0 Å². The molecule has 0 aliphatic rings. The molecular weight excluding hydrogens is 294 g/mol. The Morgan fingerprint density at radius 3 is 2.89 bits per heavy atom. The summed E-state index contributed by atoms with van der Waals surface area (Å²) in [6, 6.07) is 6.09. The molecule has 0 saturated heterocycles. The topological polar surface area (TPSA) is 50.7 Å². The van der Waals surface area contributed by atoms with E-state index in [0.717, 1.165) is 21.9 Å². The highest BCUT2D eigenvalue weighted by Gasteiger charge is 2.10. The van der Waals surface area contributed by atoms with E-state index in [9.17, 15) is 4.79 Å². The van der Waals surface area contributed by atoms with Gasteiger partial charge in [-0.3, -0.25) is 9.48 Å². The highest BCUT2D eigenvalue weighted by Crippen LogP contribution is 2.27. The first-order valence-corrected chi connectivity index (χ1v) is 6.61. The van der Waals surface area contributed by atoms with Crippen LogP contribution in [0.15, 0.2) is 29.2 Å². The lowest BCUT2D eigenvalue weighted by Crippen LogP contribution is -2.06. The zero-order valence-electron chi connectivity index (χ0n) is 10.1. The molecule has 1 unspecified atom stereocenters. The Bertz CT molecular complexity index is 801. The van der Waals surface area contributed by atoms with Gasteiger partial charge in [0.15, 0.2) is 5.52 Å². The Balaban J connectivity index is 2.45. The SMILES string of the molecule is CC(Br)c1ccc2c(c1)[nH]c(=O)c1nn(C)cc12. The zero-order valence-corrected chi connectivity index (χ0v) is 11.7. The number of hydrogen-bond donors (Lipinski definition) is 1. The fraction of sp³-hybridized carbons (Fsp3) is 0.231. The predicted octanol–water partition coefficient (Wildman–Crippen LogP) is 2.87. The van der Waals surface area contributed by atoms with Gasteiger partial charge in [-0.2, -0.15) is 5.10 Å². The maximum Gasteiger partial charge on any atom is 0.276 e. The molecule has 0 spiro atoms. The summed E-state index contributed by atoms with van der Waals surface area (Å²) in [5.74, 6) is 0. The van der Waals surface area contributed by atoms with Crippen LogP contribution >= 0.6 is 15.9 Å². The van der Waals surface area contributed by atoms with Crippen molar-refractivity contribution in [3.63, 3.8) is 0 Å². The Morgan fingerprint density at radius 1 is 1.39 bits per heavy atom. The van der Waals surface area contributed by atoms with Gasteiger partial charge in [-0.15, -0.1) is 0 Å². The minimum absolute atomic E-state index is 0.141. The van der Waals surface area contributed by atoms with E-state index < -0.39 is 0 Å². The first kappa shape index (κ1) is 11.5. The normalized spacial score (nSPS) is 13.3. The summed E-state index contributed by atoms with van der Waals surface area (Å²) in [6.45, 7) is 2.06. The van der Waals surface area contributed by atoms with Crippen LogP contribution in [0.25, 0.3) is 21.8 Å². The van der Waals surface area contributed by atoms with E-state index in [0.29, 0.717) is 5.52 Å². The molecular formula is C13H12BrN3O. The van der Waals surface area contributed by atoms with E-state index in [-0.39, 0.29) is 10.4 Å². The molecule has 3 aromatic rings. The third-order valence-corrected chi connectivity index (χ3v) is 3.61. The second-order valence-electron chi connectivity index (χ2n) is 4.44. The molecule has 1 atom stereocenters. The zero-order chi connectivity index (χ0) is 12.9. The van der Waals surface area contributed by atoms with Crippen molar-refractivity contribution in [1.29, 1.82) is 0 Å². The van der Waals surface area contributed by atoms with Crippen LogP contribution in [0.2, 0.25) is 0 Å². The Morgan fingerprint density at radius 2 is 2.17 bits per heavy atom. The third kappa shape index (κ3) is 1.66. The molecule has 0 radical (unpaired) electrons. The van der Waals surface area contributed by atoms with Crippen LogP contribution in [-0.2, 0) is 7.05 Å². The number of aromatic nitrogens is 3. The van der Waals surface area contributed by atoms with Crippen molar-refractivity contribution in [3.8, 4) is 0 Å². The van der Waals surface area contributed by atoms with Crippen LogP contribution < -0.4 is 5.56 Å². The third-order valence-electron chi connectivity index (χ3n) is 3.09. The predicted molar refractivity (Wildman–Crippen MR) is 76.2 cm³/mol. The Hall–Kier alpha value is -1.62. The van der Waals surface area contributed by atoms with Crippen LogP contribution in [0.4, 0.5) is 0 Å². The molecule has 0 aliphatic carbocycles. The number of benzene rings is 1. The highest BCUT2D eigenvalue weighted by molar-refractivity contribution is 9.09. The van der Waals surface area contributed by atoms with E-state index >= 15 is 0 Å². The fourth-order valence-corrected chi connectivity index (χ4v) is 2.47. The summed E-state index contributed by atoms with van der Waals surface area (Å²) in [6.07, 6.45) is 1.88. The van der Waals surface area contributed by atoms with Crippen LogP contribution in [0.3, 0.4) is 0 Å². The molecule has 0 aliphatic heterocycles. The van der Waals surface area contributed by atoms with Crippen molar-refractivity contribution in [1.82, 2.24) is 14.8 Å². The largest absolute Gasteiger partial charge is 0.320 e. The molecule has 0 fully saturated rings. The lowest BCUT2D eigenvalue weighted by Gasteiger charge is -2.05. The van der Waals surface area contributed by atoms with Gasteiger partial charge in [0.25, 0.3) is 5.56 Å². The van der Waals surface area contributed by atoms with Crippen molar-refractivity contribution < 1.29 is 0 Å². The number of hydrogen-bond acceptors (Lipinski definition) is 2. The fourth-order valence-electron chi connectivity index (χ4n) is 2.18. The summed E-state index contributed by atoms with van der Waals surface area (Å²) in [5, 5.41) is 6.10. The van der Waals surface area contributed by atoms with Gasteiger partial charge in [0.1, 0.15) is 0 Å². The van der Waals surface area contributed by atoms with Crippen LogP contribution in [0, 0.1) is 0 Å². The summed E-state index contributed by atoms with van der Waals surface area (Å²) in [7, 11) is 1.82. The molecule has 4 nitrogen and oxygen atoms in total. The quantitative estimate of drug-likeness (QED) is 0.703. The lowest BCUT2D eigenvalue weighted by atomic mass is 10.1. The van der Waals surface area contributed by atoms with Crippen LogP contribution in [-0.4, -0.2) is 14.8 Å². The van der Waals surface area contributed by atoms with E-state index in [2.05, 4.69) is 39.0 Å². The minimum atomic E-state index is -0.141. The second kappa shape index (κ2) is 3.95. The number of aryl methyl sites for hydroxylation is 1. The average Bonchev–Trinajstić information content (AvgIpc) is 2.71. The number of fused-ring (bicyclic) bond motifs is 3. The van der Waals surface area contributed by atoms with Gasteiger partial charge < -0.3 is 4.98 Å². The van der Waals surface area contributed by atoms with Gasteiger partial charge in [0, 0.05) is 34.4 Å². The number of aromatic amines is 1. The van der Waals surface area contributed by atoms with Gasteiger partial charge in [-0.25, -0.2) is 0 Å². The molecule has 92 valence electrons. The van der Waals surface area contributed by atoms with Gasteiger partial charge in [-0.05, 0) is 18.6 Å². The summed E-state index contributed by atoms with van der Waals surface area (Å²) >= 11 is 3.53. The number of halogens is 1. The Labute approximate surface area is 112 Å². The van der Waals surface area contributed by atoms with Crippen molar-refractivity contribution in [2.24, 2.45) is 7.05 Å². The summed E-state index contributed by atoms with van der Waals surface area (Å²) < 4.78 is 1.67. The number of nitrogens with one attached hydrogen (secondary N) is 1. The molecule has 5 heteroatoms. The molecule has 0 saturated carbocycles. The molecule has 0 amide bonds. The first-order chi connectivity index (χ1) is 8.56. The minimum Gasteiger partial charge on any atom is -0.320 e. The molecule has 18 heavy (non-hydrogen) atoms. The van der Waals surface area contributed by atoms with Gasteiger partial charge in [0.2, 0.25) is 0 Å². The van der Waals surface area contributed by atoms with Crippen LogP contribution in [0.1, 0.15) is 17.3 Å². The second-order valence-corrected chi connectivity index (χ2v) is 5.81. The number of H-pyrrole nitrogens is 1. The van der Waals surface area contributed by atoms with Crippen molar-refractivity contribution in [3.05, 3.63) is 40.3 Å². The van der Waals surface area contributed by atoms with E-state index in [1.807, 2.05) is 25.4 Å². The van der Waals surface area contributed by atoms with Gasteiger partial charge in [0.05, 0.1) is 0 Å². The first-order valence-electron chi connectivity index (χ1n) is 5.69. The van der Waals surface area contributed by atoms with Gasteiger partial charge in [-0.1, -0.05) is 28.1 Å². The maximum atomic E-state index is 11.9. The smallest absolute Gasteiger partial charge is 0.276 e. The highest BCUT2D eigenvalue weighted by atomic mass is 79.9. The van der Waals surface area contributed by atoms with Crippen molar-refractivity contribution in [2.75, 3.05) is 0 Å². The number of nitrogens with zero attached hydrogens (tertiary/aromatic N) is 2. The van der Waals surface area contributed by atoms with Gasteiger partial charge >= 0.3 is 0 Å². The molecule has 1 N–H and O–H groups in total. The molecule has 0 bridgehead atoms. The number of rotatable bonds is 1. The molecule has 2 heterocycles. The Kier molecular flexibility index (Phi) is 2.52. The summed E-state index contributed by atoms with van der Waals surface area (Å²) in [4.78, 5) is 15.1. The standard InChI is InChI=1S/C13H12BrN3O/c1-7(14)8-3-4-9-10-6-17(2)16-12(10)13(18)15-11(9)5-8/h3-7H,1-2H3,(H,15,18). The number of alkyl halides is 1. The monoisotopic (exact) mass is 305 g/mol. The van der Waals surface area contributed by atoms with Crippen molar-refractivity contribution >= 4 is 37.7 Å². The maximum absolute atomic E-state index is 11.9. The molecule has 2 aromatic heterocycles. The molecule has 3 rings (SSSR count). The summed E-state index contributed by atoms with van der Waals surface area (Å²) in [5.41, 5.74) is 2.34. The average molecular weight is 306 g/mol. The number of pyridine rings is 1. The van der Waals surface area contributed by atoms with Crippen molar-refractivity contribution in [2.45, 2.75) is 11.8 Å².